The molecule has 6 heteroatoms. The zero-order chi connectivity index (χ0) is 14.9. The Bertz CT molecular complexity index is 557. The monoisotopic (exact) mass is 279 g/mol. The third-order valence-electron chi connectivity index (χ3n) is 4.00. The van der Waals surface area contributed by atoms with E-state index < -0.39 is 11.4 Å². The number of carboxylic acids is 1. The van der Waals surface area contributed by atoms with Gasteiger partial charge in [-0.3, -0.25) is 9.59 Å². The maximum absolute atomic E-state index is 11.7. The van der Waals surface area contributed by atoms with E-state index in [0.717, 1.165) is 0 Å². The van der Waals surface area contributed by atoms with Gasteiger partial charge >= 0.3 is 5.97 Å². The number of aliphatic carboxylic acids is 1. The first-order chi connectivity index (χ1) is 9.32. The fraction of sp³-hybridized carbons (Fsp3) is 0.643. The standard InChI is InChI=1S/C14H21N3O3/c1-9(2)12-15-10(8-11(18)16-12)17-6-4-14(3,5-7-17)13(19)20/h8-9H,4-7H2,1-3H3,(H,19,20)(H,15,16,18). The highest BCUT2D eigenvalue weighted by atomic mass is 16.4. The van der Waals surface area contributed by atoms with Crippen LogP contribution in [0, 0.1) is 5.41 Å². The summed E-state index contributed by atoms with van der Waals surface area (Å²) in [6.45, 7) is 6.94. The van der Waals surface area contributed by atoms with Crippen molar-refractivity contribution in [2.45, 2.75) is 39.5 Å². The molecular weight excluding hydrogens is 258 g/mol. The predicted octanol–water partition coefficient (Wildman–Crippen LogP) is 1.58. The van der Waals surface area contributed by atoms with E-state index in [9.17, 15) is 14.7 Å². The number of anilines is 1. The van der Waals surface area contributed by atoms with Crippen LogP contribution in [-0.2, 0) is 4.79 Å². The molecule has 0 spiro atoms. The summed E-state index contributed by atoms with van der Waals surface area (Å²) >= 11 is 0. The fourth-order valence-corrected chi connectivity index (χ4v) is 2.34. The van der Waals surface area contributed by atoms with Crippen LogP contribution in [0.1, 0.15) is 45.4 Å². The molecule has 20 heavy (non-hydrogen) atoms. The van der Waals surface area contributed by atoms with Crippen molar-refractivity contribution in [1.29, 1.82) is 0 Å². The van der Waals surface area contributed by atoms with Crippen LogP contribution in [0.15, 0.2) is 10.9 Å². The average molecular weight is 279 g/mol. The van der Waals surface area contributed by atoms with Crippen molar-refractivity contribution in [3.05, 3.63) is 22.2 Å². The molecule has 0 saturated carbocycles. The Balaban J connectivity index is 2.19. The van der Waals surface area contributed by atoms with E-state index in [1.807, 2.05) is 18.7 Å². The number of carbonyl (C=O) groups is 1. The largest absolute Gasteiger partial charge is 0.481 e. The molecule has 6 nitrogen and oxygen atoms in total. The number of nitrogens with one attached hydrogen (secondary N) is 1. The van der Waals surface area contributed by atoms with Crippen LogP contribution in [0.3, 0.4) is 0 Å². The van der Waals surface area contributed by atoms with E-state index >= 15 is 0 Å². The number of carboxylic acid groups (broad SMARTS) is 1. The molecule has 0 bridgehead atoms. The lowest BCUT2D eigenvalue weighted by atomic mass is 9.80. The van der Waals surface area contributed by atoms with Crippen molar-refractivity contribution in [3.63, 3.8) is 0 Å². The molecule has 110 valence electrons. The number of nitrogens with zero attached hydrogens (tertiary/aromatic N) is 2. The first-order valence-electron chi connectivity index (χ1n) is 6.91. The highest BCUT2D eigenvalue weighted by Crippen LogP contribution is 2.32. The van der Waals surface area contributed by atoms with Crippen LogP contribution in [-0.4, -0.2) is 34.1 Å². The smallest absolute Gasteiger partial charge is 0.309 e. The van der Waals surface area contributed by atoms with Crippen molar-refractivity contribution < 1.29 is 9.90 Å². The van der Waals surface area contributed by atoms with Gasteiger partial charge in [-0.05, 0) is 19.8 Å². The zero-order valence-corrected chi connectivity index (χ0v) is 12.1. The van der Waals surface area contributed by atoms with Gasteiger partial charge in [0, 0.05) is 25.1 Å². The van der Waals surface area contributed by atoms with Crippen molar-refractivity contribution in [2.24, 2.45) is 5.41 Å². The van der Waals surface area contributed by atoms with E-state index in [1.165, 1.54) is 6.07 Å². The molecule has 1 aliphatic rings. The molecule has 2 rings (SSSR count). The second kappa shape index (κ2) is 5.26. The number of piperidine rings is 1. The van der Waals surface area contributed by atoms with E-state index in [1.54, 1.807) is 6.92 Å². The molecule has 2 N–H and O–H groups in total. The van der Waals surface area contributed by atoms with Gasteiger partial charge in [0.05, 0.1) is 5.41 Å². The molecule has 1 aromatic heterocycles. The van der Waals surface area contributed by atoms with Crippen molar-refractivity contribution in [2.75, 3.05) is 18.0 Å². The van der Waals surface area contributed by atoms with Gasteiger partial charge in [-0.2, -0.15) is 0 Å². The van der Waals surface area contributed by atoms with Crippen molar-refractivity contribution >= 4 is 11.8 Å². The van der Waals surface area contributed by atoms with Crippen LogP contribution in [0.4, 0.5) is 5.82 Å². The summed E-state index contributed by atoms with van der Waals surface area (Å²) in [5.74, 6) is 0.708. The summed E-state index contributed by atoms with van der Waals surface area (Å²) in [6, 6.07) is 1.48. The van der Waals surface area contributed by atoms with Gasteiger partial charge in [0.15, 0.2) is 0 Å². The van der Waals surface area contributed by atoms with Gasteiger partial charge in [0.1, 0.15) is 11.6 Å². The topological polar surface area (TPSA) is 86.3 Å². The maximum Gasteiger partial charge on any atom is 0.309 e. The van der Waals surface area contributed by atoms with Crippen LogP contribution >= 0.6 is 0 Å². The minimum absolute atomic E-state index is 0.150. The molecule has 1 aromatic rings. The highest BCUT2D eigenvalue weighted by Gasteiger charge is 2.37. The van der Waals surface area contributed by atoms with E-state index in [0.29, 0.717) is 37.6 Å². The van der Waals surface area contributed by atoms with Crippen molar-refractivity contribution in [3.8, 4) is 0 Å². The first-order valence-corrected chi connectivity index (χ1v) is 6.91. The van der Waals surface area contributed by atoms with Gasteiger partial charge in [-0.1, -0.05) is 13.8 Å². The summed E-state index contributed by atoms with van der Waals surface area (Å²) in [5.41, 5.74) is -0.830. The highest BCUT2D eigenvalue weighted by molar-refractivity contribution is 5.74. The first kappa shape index (κ1) is 14.6. The van der Waals surface area contributed by atoms with Crippen LogP contribution in [0.25, 0.3) is 0 Å². The Kier molecular flexibility index (Phi) is 3.83. The summed E-state index contributed by atoms with van der Waals surface area (Å²) < 4.78 is 0. The molecule has 0 radical (unpaired) electrons. The third-order valence-corrected chi connectivity index (χ3v) is 4.00. The maximum atomic E-state index is 11.7. The van der Waals surface area contributed by atoms with Crippen LogP contribution in [0.2, 0.25) is 0 Å². The SMILES string of the molecule is CC(C)c1nc(N2CCC(C)(C(=O)O)CC2)cc(=O)[nH]1. The number of rotatable bonds is 3. The Hall–Kier alpha value is -1.85. The van der Waals surface area contributed by atoms with E-state index in [4.69, 9.17) is 0 Å². The third kappa shape index (κ3) is 2.84. The van der Waals surface area contributed by atoms with Gasteiger partial charge in [0.25, 0.3) is 5.56 Å². The van der Waals surface area contributed by atoms with Crippen LogP contribution in [0.5, 0.6) is 0 Å². The molecule has 1 saturated heterocycles. The second-order valence-electron chi connectivity index (χ2n) is 6.00. The second-order valence-corrected chi connectivity index (χ2v) is 6.00. The zero-order valence-electron chi connectivity index (χ0n) is 12.1. The van der Waals surface area contributed by atoms with Gasteiger partial charge in [0.2, 0.25) is 0 Å². The molecule has 1 fully saturated rings. The quantitative estimate of drug-likeness (QED) is 0.877. The lowest BCUT2D eigenvalue weighted by Crippen LogP contribution is -2.43. The van der Waals surface area contributed by atoms with E-state index in [-0.39, 0.29) is 11.5 Å². The summed E-state index contributed by atoms with van der Waals surface area (Å²) in [4.78, 5) is 32.1. The normalized spacial score (nSPS) is 18.3. The minimum atomic E-state index is -0.751. The molecule has 0 amide bonds. The Morgan fingerprint density at radius 1 is 1.45 bits per heavy atom. The molecule has 0 atom stereocenters. The van der Waals surface area contributed by atoms with Gasteiger partial charge < -0.3 is 15.0 Å². The summed E-state index contributed by atoms with van der Waals surface area (Å²) in [6.07, 6.45) is 1.13. The lowest BCUT2D eigenvalue weighted by Gasteiger charge is -2.37. The van der Waals surface area contributed by atoms with Gasteiger partial charge in [-0.15, -0.1) is 0 Å². The molecule has 2 heterocycles. The average Bonchev–Trinajstić information content (AvgIpc) is 2.38. The fourth-order valence-electron chi connectivity index (χ4n) is 2.34. The van der Waals surface area contributed by atoms with E-state index in [2.05, 4.69) is 9.97 Å². The Morgan fingerprint density at radius 3 is 2.55 bits per heavy atom. The molecule has 0 aliphatic carbocycles. The number of aromatic amines is 1. The molecule has 1 aliphatic heterocycles. The predicted molar refractivity (Wildman–Crippen MR) is 76.1 cm³/mol. The number of H-pyrrole nitrogens is 1. The lowest BCUT2D eigenvalue weighted by molar-refractivity contribution is -0.149. The summed E-state index contributed by atoms with van der Waals surface area (Å²) in [5, 5.41) is 9.23. The molecule has 0 unspecified atom stereocenters. The van der Waals surface area contributed by atoms with Crippen LogP contribution < -0.4 is 10.5 Å². The molecular formula is C14H21N3O3. The summed E-state index contributed by atoms with van der Waals surface area (Å²) in [7, 11) is 0. The Labute approximate surface area is 117 Å². The number of hydrogen-bond acceptors (Lipinski definition) is 4. The van der Waals surface area contributed by atoms with Crippen molar-refractivity contribution in [1.82, 2.24) is 9.97 Å². The van der Waals surface area contributed by atoms with Gasteiger partial charge in [-0.25, -0.2) is 4.98 Å². The minimum Gasteiger partial charge on any atom is -0.481 e. The number of hydrogen-bond donors (Lipinski definition) is 2. The molecule has 0 aromatic carbocycles. The Morgan fingerprint density at radius 2 is 2.05 bits per heavy atom. The number of aromatic nitrogens is 2.